The van der Waals surface area contributed by atoms with Gasteiger partial charge in [0, 0.05) is 50.8 Å². The summed E-state index contributed by atoms with van der Waals surface area (Å²) in [6.45, 7) is 5.57. The lowest BCUT2D eigenvalue weighted by molar-refractivity contribution is 0.660. The molecule has 9 aromatic carbocycles. The van der Waals surface area contributed by atoms with Gasteiger partial charge in [-0.3, -0.25) is 0 Å². The number of fused-ring (bicyclic) bond motifs is 9. The molecule has 0 bridgehead atoms. The molecule has 0 saturated heterocycles. The molecule has 11 rings (SSSR count). The van der Waals surface area contributed by atoms with Crippen molar-refractivity contribution in [2.45, 2.75) is 32.2 Å². The van der Waals surface area contributed by atoms with Crippen molar-refractivity contribution in [1.29, 1.82) is 0 Å². The average molecular weight is 731 g/mol. The zero-order chi connectivity index (χ0) is 38.1. The van der Waals surface area contributed by atoms with Crippen LogP contribution >= 0.6 is 0 Å². The highest BCUT2D eigenvalue weighted by Gasteiger charge is 2.35. The summed E-state index contributed by atoms with van der Waals surface area (Å²) in [6.07, 6.45) is 0.873. The lowest BCUT2D eigenvalue weighted by Gasteiger charge is -2.29. The molecule has 0 spiro atoms. The molecule has 10 aromatic rings. The summed E-state index contributed by atoms with van der Waals surface area (Å²) in [5.74, 6) is 0. The van der Waals surface area contributed by atoms with E-state index in [0.29, 0.717) is 0 Å². The fourth-order valence-electron chi connectivity index (χ4n) is 9.85. The van der Waals surface area contributed by atoms with E-state index >= 15 is 0 Å². The van der Waals surface area contributed by atoms with Gasteiger partial charge in [-0.25, -0.2) is 0 Å². The summed E-state index contributed by atoms with van der Waals surface area (Å²) in [6, 6.07) is 71.7. The Labute approximate surface area is 333 Å². The monoisotopic (exact) mass is 730 g/mol. The topological polar surface area (TPSA) is 8.17 Å². The van der Waals surface area contributed by atoms with Crippen LogP contribution in [0.1, 0.15) is 30.5 Å². The molecule has 272 valence electrons. The maximum atomic E-state index is 2.56. The molecule has 1 heterocycles. The number of aromatic nitrogens is 1. The van der Waals surface area contributed by atoms with Gasteiger partial charge in [0.1, 0.15) is 0 Å². The fourth-order valence-corrected chi connectivity index (χ4v) is 9.85. The Hall–Kier alpha value is -6.90. The number of aryl methyl sites for hydroxylation is 2. The normalized spacial score (nSPS) is 13.0. The zero-order valence-electron chi connectivity index (χ0n) is 32.3. The van der Waals surface area contributed by atoms with Gasteiger partial charge in [-0.15, -0.1) is 0 Å². The van der Waals surface area contributed by atoms with Gasteiger partial charge in [0.05, 0.1) is 0 Å². The van der Waals surface area contributed by atoms with Gasteiger partial charge < -0.3 is 9.47 Å². The van der Waals surface area contributed by atoms with E-state index in [1.54, 1.807) is 0 Å². The van der Waals surface area contributed by atoms with Crippen molar-refractivity contribution < 1.29 is 0 Å². The van der Waals surface area contributed by atoms with Crippen molar-refractivity contribution in [3.8, 4) is 22.3 Å². The second-order valence-electron chi connectivity index (χ2n) is 16.0. The van der Waals surface area contributed by atoms with Gasteiger partial charge in [0.15, 0.2) is 0 Å². The van der Waals surface area contributed by atoms with Gasteiger partial charge in [-0.05, 0) is 109 Å². The maximum absolute atomic E-state index is 2.56. The first-order valence-corrected chi connectivity index (χ1v) is 20.1. The first kappa shape index (κ1) is 33.4. The molecule has 0 radical (unpaired) electrons. The van der Waals surface area contributed by atoms with Crippen molar-refractivity contribution in [3.05, 3.63) is 211 Å². The van der Waals surface area contributed by atoms with Crippen molar-refractivity contribution in [2.75, 3.05) is 4.90 Å². The van der Waals surface area contributed by atoms with E-state index in [0.717, 1.165) is 18.7 Å². The summed E-state index contributed by atoms with van der Waals surface area (Å²) >= 11 is 0. The second-order valence-corrected chi connectivity index (χ2v) is 16.0. The summed E-state index contributed by atoms with van der Waals surface area (Å²) in [5.41, 5.74) is 15.3. The highest BCUT2D eigenvalue weighted by atomic mass is 15.1. The number of hydrogen-bond donors (Lipinski definition) is 0. The fraction of sp³-hybridized carbons (Fsp3) is 0.0909. The third-order valence-corrected chi connectivity index (χ3v) is 12.5. The Balaban J connectivity index is 1.04. The molecule has 0 saturated carbocycles. The maximum Gasteiger partial charge on any atom is 0.0498 e. The molecule has 0 N–H and O–H groups in total. The minimum atomic E-state index is -0.0853. The summed E-state index contributed by atoms with van der Waals surface area (Å²) in [4.78, 5) is 2.46. The molecule has 2 heteroatoms. The number of benzene rings is 9. The van der Waals surface area contributed by atoms with Gasteiger partial charge in [0.25, 0.3) is 0 Å². The Morgan fingerprint density at radius 3 is 2.00 bits per heavy atom. The predicted molar refractivity (Wildman–Crippen MR) is 242 cm³/mol. The standard InChI is InChI=1S/C55H42N2/c1-55(2)48-27-11-9-23-44(48)45-32-31-41(36-49(45)55)57(40-20-4-3-5-21-40)50-28-12-7-17-38(50)34-35-56-51-29-13-10-24-47(51)54-52(56)33-30-39-19-15-26-46(53(39)54)43-25-14-18-37-16-6-8-22-42(37)43/h3-33,36H,34-35H2,1-2H3. The molecule has 0 unspecified atom stereocenters. The van der Waals surface area contributed by atoms with Gasteiger partial charge >= 0.3 is 0 Å². The SMILES string of the molecule is CC1(C)c2ccccc2-c2ccc(N(c3ccccc3)c3ccccc3CCn3c4ccccc4c4c5c(-c6cccc7ccccc67)cccc5ccc43)cc21. The number of nitrogens with zero attached hydrogens (tertiary/aromatic N) is 2. The Morgan fingerprint density at radius 2 is 1.11 bits per heavy atom. The van der Waals surface area contributed by atoms with Crippen LogP contribution in [0.15, 0.2) is 194 Å². The molecule has 0 amide bonds. The van der Waals surface area contributed by atoms with E-state index in [9.17, 15) is 0 Å². The third kappa shape index (κ3) is 5.25. The van der Waals surface area contributed by atoms with Crippen molar-refractivity contribution >= 4 is 60.4 Å². The van der Waals surface area contributed by atoms with Crippen LogP contribution in [0.2, 0.25) is 0 Å². The highest BCUT2D eigenvalue weighted by Crippen LogP contribution is 2.51. The predicted octanol–water partition coefficient (Wildman–Crippen LogP) is 14.8. The molecule has 0 aliphatic heterocycles. The smallest absolute Gasteiger partial charge is 0.0498 e. The minimum absolute atomic E-state index is 0.0853. The molecular weight excluding hydrogens is 689 g/mol. The highest BCUT2D eigenvalue weighted by molar-refractivity contribution is 6.25. The molecule has 1 aliphatic rings. The lowest BCUT2D eigenvalue weighted by atomic mass is 9.82. The summed E-state index contributed by atoms with van der Waals surface area (Å²) in [5, 5.41) is 7.75. The second kappa shape index (κ2) is 13.1. The van der Waals surface area contributed by atoms with Gasteiger partial charge in [0.2, 0.25) is 0 Å². The molecule has 57 heavy (non-hydrogen) atoms. The minimum Gasteiger partial charge on any atom is -0.340 e. The number of rotatable bonds is 7. The Kier molecular flexibility index (Phi) is 7.69. The van der Waals surface area contributed by atoms with Crippen molar-refractivity contribution in [2.24, 2.45) is 0 Å². The molecule has 1 aliphatic carbocycles. The van der Waals surface area contributed by atoms with Crippen LogP contribution in [0.3, 0.4) is 0 Å². The molecule has 0 atom stereocenters. The van der Waals surface area contributed by atoms with Crippen LogP contribution < -0.4 is 4.90 Å². The van der Waals surface area contributed by atoms with Crippen LogP contribution in [0, 0.1) is 0 Å². The largest absolute Gasteiger partial charge is 0.340 e. The van der Waals surface area contributed by atoms with Crippen LogP contribution in [0.4, 0.5) is 17.1 Å². The summed E-state index contributed by atoms with van der Waals surface area (Å²) < 4.78 is 2.56. The zero-order valence-corrected chi connectivity index (χ0v) is 32.3. The molecule has 2 nitrogen and oxygen atoms in total. The third-order valence-electron chi connectivity index (χ3n) is 12.5. The van der Waals surface area contributed by atoms with Gasteiger partial charge in [-0.2, -0.15) is 0 Å². The molecule has 1 aromatic heterocycles. The van der Waals surface area contributed by atoms with Crippen LogP contribution in [0.25, 0.3) is 65.6 Å². The van der Waals surface area contributed by atoms with Crippen molar-refractivity contribution in [1.82, 2.24) is 4.57 Å². The number of hydrogen-bond acceptors (Lipinski definition) is 1. The average Bonchev–Trinajstić information content (AvgIpc) is 3.71. The van der Waals surface area contributed by atoms with Gasteiger partial charge in [-0.1, -0.05) is 166 Å². The quantitative estimate of drug-likeness (QED) is 0.158. The van der Waals surface area contributed by atoms with Crippen LogP contribution in [-0.4, -0.2) is 4.57 Å². The van der Waals surface area contributed by atoms with E-state index < -0.39 is 0 Å². The number of anilines is 3. The van der Waals surface area contributed by atoms with Crippen LogP contribution in [0.5, 0.6) is 0 Å². The van der Waals surface area contributed by atoms with E-state index in [-0.39, 0.29) is 5.41 Å². The lowest BCUT2D eigenvalue weighted by Crippen LogP contribution is -2.17. The first-order chi connectivity index (χ1) is 28.1. The Bertz CT molecular complexity index is 3160. The molecular formula is C55H42N2. The summed E-state index contributed by atoms with van der Waals surface area (Å²) in [7, 11) is 0. The van der Waals surface area contributed by atoms with E-state index in [1.807, 2.05) is 0 Å². The van der Waals surface area contributed by atoms with Crippen molar-refractivity contribution in [3.63, 3.8) is 0 Å². The Morgan fingerprint density at radius 1 is 0.439 bits per heavy atom. The number of para-hydroxylation sites is 3. The van der Waals surface area contributed by atoms with E-state index in [4.69, 9.17) is 0 Å². The van der Waals surface area contributed by atoms with Crippen LogP contribution in [-0.2, 0) is 18.4 Å². The first-order valence-electron chi connectivity index (χ1n) is 20.1. The van der Waals surface area contributed by atoms with E-state index in [1.165, 1.54) is 93.7 Å². The molecule has 0 fully saturated rings. The van der Waals surface area contributed by atoms with E-state index in [2.05, 4.69) is 217 Å².